The molecule has 0 saturated carbocycles. The van der Waals surface area contributed by atoms with Gasteiger partial charge in [0.1, 0.15) is 0 Å². The lowest BCUT2D eigenvalue weighted by atomic mass is 10.1. The maximum absolute atomic E-state index is 9.29. The highest BCUT2D eigenvalue weighted by Crippen LogP contribution is 2.37. The van der Waals surface area contributed by atoms with Crippen LogP contribution in [0.15, 0.2) is 66.7 Å². The molecule has 0 amide bonds. The molecule has 6 aromatic rings. The minimum absolute atomic E-state index is 0.0152. The smallest absolute Gasteiger partial charge is 0.0682 e. The Hall–Kier alpha value is -2.73. The lowest BCUT2D eigenvalue weighted by Crippen LogP contribution is -1.94. The van der Waals surface area contributed by atoms with Crippen molar-refractivity contribution in [2.45, 2.75) is 40.2 Å². The van der Waals surface area contributed by atoms with Crippen LogP contribution in [-0.4, -0.2) is 19.3 Å². The van der Waals surface area contributed by atoms with Gasteiger partial charge in [0.25, 0.3) is 0 Å². The van der Waals surface area contributed by atoms with Crippen molar-refractivity contribution in [3.63, 3.8) is 0 Å². The predicted octanol–water partition coefficient (Wildman–Crippen LogP) is 8.57. The summed E-state index contributed by atoms with van der Waals surface area (Å²) < 4.78 is 4.40. The van der Waals surface area contributed by atoms with Crippen molar-refractivity contribution in [3.05, 3.63) is 92.9 Å². The number of para-hydroxylation sites is 1. The fourth-order valence-corrected chi connectivity index (χ4v) is 6.17. The van der Waals surface area contributed by atoms with Gasteiger partial charge in [-0.25, -0.2) is 0 Å². The molecule has 0 aliphatic rings. The number of rotatable bonds is 4. The Balaban J connectivity index is 0.000000152. The molecule has 0 atom stereocenters. The normalized spacial score (nSPS) is 11.5. The van der Waals surface area contributed by atoms with Crippen molar-refractivity contribution in [3.8, 4) is 0 Å². The minimum atomic E-state index is 0.0152. The number of aliphatic hydroxyl groups is 2. The van der Waals surface area contributed by atoms with E-state index in [1.54, 1.807) is 6.07 Å². The maximum atomic E-state index is 9.29. The molecule has 2 N–H and O–H groups in total. The molecule has 4 nitrogen and oxygen atoms in total. The Bertz CT molecular complexity index is 1770. The molecule has 37 heavy (non-hydrogen) atoms. The second kappa shape index (κ2) is 10.6. The van der Waals surface area contributed by atoms with Gasteiger partial charge in [0.05, 0.1) is 34.3 Å². The summed E-state index contributed by atoms with van der Waals surface area (Å²) in [6.45, 7) is 5.97. The van der Waals surface area contributed by atoms with E-state index >= 15 is 0 Å². The van der Waals surface area contributed by atoms with Gasteiger partial charge in [0.15, 0.2) is 0 Å². The van der Waals surface area contributed by atoms with E-state index in [9.17, 15) is 10.2 Å². The zero-order valence-corrected chi connectivity index (χ0v) is 22.9. The van der Waals surface area contributed by atoms with Gasteiger partial charge < -0.3 is 19.3 Å². The average Bonchev–Trinajstić information content (AvgIpc) is 3.40. The molecular weight excluding hydrogens is 527 g/mol. The van der Waals surface area contributed by atoms with Gasteiger partial charge in [-0.1, -0.05) is 59.1 Å². The van der Waals surface area contributed by atoms with E-state index in [0.717, 1.165) is 56.9 Å². The third-order valence-corrected chi connectivity index (χ3v) is 7.63. The van der Waals surface area contributed by atoms with E-state index in [0.29, 0.717) is 15.1 Å². The predicted molar refractivity (Wildman–Crippen MR) is 157 cm³/mol. The van der Waals surface area contributed by atoms with Crippen molar-refractivity contribution < 1.29 is 10.2 Å². The number of benzene rings is 4. The van der Waals surface area contributed by atoms with Crippen LogP contribution >= 0.6 is 34.8 Å². The van der Waals surface area contributed by atoms with Gasteiger partial charge in [-0.15, -0.1) is 0 Å². The number of aliphatic hydroxyl groups excluding tert-OH is 2. The zero-order chi connectivity index (χ0) is 26.3. The SMILES string of the molecule is CCn1c2ccc(CO)cc2c2c(Cl)cc(Cl)cc21.CCn1c2ccccc2c2cc(CO)cc(Cl)c21. The first-order chi connectivity index (χ1) is 17.9. The molecule has 0 bridgehead atoms. The highest BCUT2D eigenvalue weighted by molar-refractivity contribution is 6.40. The molecule has 0 spiro atoms. The first kappa shape index (κ1) is 25.9. The molecule has 2 heterocycles. The summed E-state index contributed by atoms with van der Waals surface area (Å²) in [4.78, 5) is 0. The van der Waals surface area contributed by atoms with Gasteiger partial charge in [0.2, 0.25) is 0 Å². The topological polar surface area (TPSA) is 50.3 Å². The number of nitrogens with zero attached hydrogens (tertiary/aromatic N) is 2. The van der Waals surface area contributed by atoms with Gasteiger partial charge in [-0.3, -0.25) is 0 Å². The Morgan fingerprint density at radius 1 is 0.622 bits per heavy atom. The number of aryl methyl sites for hydroxylation is 2. The summed E-state index contributed by atoms with van der Waals surface area (Å²) in [7, 11) is 0. The van der Waals surface area contributed by atoms with Gasteiger partial charge in [-0.2, -0.15) is 0 Å². The lowest BCUT2D eigenvalue weighted by molar-refractivity contribution is 0.282. The van der Waals surface area contributed by atoms with Crippen LogP contribution in [0.4, 0.5) is 0 Å². The number of hydrogen-bond donors (Lipinski definition) is 2. The van der Waals surface area contributed by atoms with Gasteiger partial charge in [0, 0.05) is 50.7 Å². The van der Waals surface area contributed by atoms with Crippen LogP contribution in [0.25, 0.3) is 43.6 Å². The minimum Gasteiger partial charge on any atom is -0.392 e. The summed E-state index contributed by atoms with van der Waals surface area (Å²) in [5.74, 6) is 0. The lowest BCUT2D eigenvalue weighted by Gasteiger charge is -2.05. The fourth-order valence-electron chi connectivity index (χ4n) is 5.24. The Morgan fingerprint density at radius 3 is 2.00 bits per heavy atom. The molecule has 7 heteroatoms. The molecule has 4 aromatic carbocycles. The molecule has 2 aromatic heterocycles. The fraction of sp³-hybridized carbons (Fsp3) is 0.200. The van der Waals surface area contributed by atoms with Crippen LogP contribution < -0.4 is 0 Å². The van der Waals surface area contributed by atoms with Gasteiger partial charge >= 0.3 is 0 Å². The van der Waals surface area contributed by atoms with E-state index in [2.05, 4.69) is 35.1 Å². The summed E-state index contributed by atoms with van der Waals surface area (Å²) >= 11 is 18.8. The number of hydrogen-bond acceptors (Lipinski definition) is 2. The Morgan fingerprint density at radius 2 is 1.30 bits per heavy atom. The largest absolute Gasteiger partial charge is 0.392 e. The van der Waals surface area contributed by atoms with Crippen LogP contribution in [0.3, 0.4) is 0 Å². The van der Waals surface area contributed by atoms with Crippen molar-refractivity contribution in [1.82, 2.24) is 9.13 Å². The molecule has 0 radical (unpaired) electrons. The van der Waals surface area contributed by atoms with Crippen LogP contribution in [0.1, 0.15) is 25.0 Å². The van der Waals surface area contributed by atoms with Crippen molar-refractivity contribution in [2.24, 2.45) is 0 Å². The standard InChI is InChI=1S/C15H13Cl2NO.C15H14ClNO/c1-2-18-13-4-3-9(8-19)5-11(13)15-12(17)6-10(16)7-14(15)18;1-2-17-14-6-4-3-5-11(14)12-7-10(9-18)8-13(16)15(12)17/h3-7,19H,2,8H2,1H3;3-8,18H,2,9H2,1H3. The summed E-state index contributed by atoms with van der Waals surface area (Å²) in [5, 5.41) is 24.9. The molecule has 0 fully saturated rings. The molecule has 6 rings (SSSR count). The highest BCUT2D eigenvalue weighted by atomic mass is 35.5. The van der Waals surface area contributed by atoms with Gasteiger partial charge in [-0.05, 0) is 67.4 Å². The van der Waals surface area contributed by atoms with Crippen LogP contribution in [0.2, 0.25) is 15.1 Å². The van der Waals surface area contributed by atoms with E-state index in [-0.39, 0.29) is 13.2 Å². The number of aromatic nitrogens is 2. The first-order valence-corrected chi connectivity index (χ1v) is 13.4. The van der Waals surface area contributed by atoms with E-state index in [1.165, 1.54) is 10.9 Å². The second-order valence-corrected chi connectivity index (χ2v) is 10.2. The number of halogens is 3. The van der Waals surface area contributed by atoms with Crippen molar-refractivity contribution in [2.75, 3.05) is 0 Å². The monoisotopic (exact) mass is 552 g/mol. The summed E-state index contributed by atoms with van der Waals surface area (Å²) in [5.41, 5.74) is 6.12. The van der Waals surface area contributed by atoms with Crippen LogP contribution in [0.5, 0.6) is 0 Å². The second-order valence-electron chi connectivity index (χ2n) is 8.93. The molecule has 0 aliphatic carbocycles. The van der Waals surface area contributed by atoms with E-state index in [1.807, 2.05) is 48.5 Å². The number of fused-ring (bicyclic) bond motifs is 6. The summed E-state index contributed by atoms with van der Waals surface area (Å²) in [6, 6.07) is 21.8. The molecule has 0 aliphatic heterocycles. The zero-order valence-electron chi connectivity index (χ0n) is 20.6. The van der Waals surface area contributed by atoms with Crippen molar-refractivity contribution >= 4 is 78.4 Å². The molecule has 0 saturated heterocycles. The first-order valence-electron chi connectivity index (χ1n) is 12.2. The third kappa shape index (κ3) is 4.47. The third-order valence-electron chi connectivity index (χ3n) is 6.82. The van der Waals surface area contributed by atoms with Crippen molar-refractivity contribution in [1.29, 1.82) is 0 Å². The van der Waals surface area contributed by atoms with E-state index in [4.69, 9.17) is 34.8 Å². The summed E-state index contributed by atoms with van der Waals surface area (Å²) in [6.07, 6.45) is 0. The molecule has 190 valence electrons. The van der Waals surface area contributed by atoms with E-state index < -0.39 is 0 Å². The quantitative estimate of drug-likeness (QED) is 0.230. The Kier molecular flexibility index (Phi) is 7.39. The Labute approximate surface area is 230 Å². The van der Waals surface area contributed by atoms with Crippen LogP contribution in [-0.2, 0) is 26.3 Å². The average molecular weight is 554 g/mol. The highest BCUT2D eigenvalue weighted by Gasteiger charge is 2.15. The molecular formula is C30H27Cl3N2O2. The maximum Gasteiger partial charge on any atom is 0.0682 e. The molecule has 0 unspecified atom stereocenters. The van der Waals surface area contributed by atoms with Crippen LogP contribution in [0, 0.1) is 0 Å².